The van der Waals surface area contributed by atoms with Crippen molar-refractivity contribution in [2.45, 2.75) is 18.3 Å². The molecule has 0 spiro atoms. The Kier molecular flexibility index (Phi) is 7.00. The van der Waals surface area contributed by atoms with Crippen LogP contribution in [0.15, 0.2) is 66.9 Å². The average Bonchev–Trinajstić information content (AvgIpc) is 3.21. The topological polar surface area (TPSA) is 116 Å². The molecule has 2 aromatic carbocycles. The highest BCUT2D eigenvalue weighted by molar-refractivity contribution is 5.95. The van der Waals surface area contributed by atoms with Gasteiger partial charge in [0.15, 0.2) is 5.82 Å². The van der Waals surface area contributed by atoms with E-state index in [2.05, 4.69) is 20.0 Å². The number of hydrogen-bond donors (Lipinski definition) is 2. The minimum absolute atomic E-state index is 0.196. The van der Waals surface area contributed by atoms with Crippen molar-refractivity contribution in [1.82, 2.24) is 19.9 Å². The predicted octanol–water partition coefficient (Wildman–Crippen LogP) is 4.02. The lowest BCUT2D eigenvalue weighted by Gasteiger charge is -2.38. The largest absolute Gasteiger partial charge is 0.573 e. The van der Waals surface area contributed by atoms with Gasteiger partial charge in [0.2, 0.25) is 0 Å². The fourth-order valence-electron chi connectivity index (χ4n) is 4.27. The van der Waals surface area contributed by atoms with Crippen LogP contribution in [0.4, 0.5) is 13.2 Å². The highest BCUT2D eigenvalue weighted by atomic mass is 19.4. The van der Waals surface area contributed by atoms with Gasteiger partial charge in [0.1, 0.15) is 22.7 Å². The van der Waals surface area contributed by atoms with Crippen LogP contribution in [0, 0.1) is 0 Å². The van der Waals surface area contributed by atoms with E-state index in [1.165, 1.54) is 24.3 Å². The summed E-state index contributed by atoms with van der Waals surface area (Å²) in [7, 11) is 1.75. The summed E-state index contributed by atoms with van der Waals surface area (Å²) < 4.78 is 49.4. The number of carboxylic acid groups (broad SMARTS) is 1. The Labute approximate surface area is 208 Å². The van der Waals surface area contributed by atoms with E-state index >= 15 is 0 Å². The third-order valence-electron chi connectivity index (χ3n) is 5.81. The number of fused-ring (bicyclic) bond motifs is 2. The SMILES string of the molecule is Cn1c(C(=O)N[C@]2(c3ccc(OC(F)(F)F)cc3)CCOc3cccnc32)nc2ccccc21.O=CO. The van der Waals surface area contributed by atoms with Gasteiger partial charge in [-0.25, -0.2) is 4.98 Å². The molecule has 3 heterocycles. The van der Waals surface area contributed by atoms with Crippen LogP contribution in [0.1, 0.15) is 28.3 Å². The summed E-state index contributed by atoms with van der Waals surface area (Å²) in [5.74, 6) is -0.134. The summed E-state index contributed by atoms with van der Waals surface area (Å²) >= 11 is 0. The zero-order valence-electron chi connectivity index (χ0n) is 19.4. The van der Waals surface area contributed by atoms with Gasteiger partial charge in [-0.05, 0) is 42.0 Å². The van der Waals surface area contributed by atoms with E-state index < -0.39 is 17.8 Å². The molecule has 1 atom stereocenters. The van der Waals surface area contributed by atoms with Crippen LogP contribution < -0.4 is 14.8 Å². The maximum absolute atomic E-state index is 13.5. The number of nitrogens with one attached hydrogen (secondary N) is 1. The number of aromatic nitrogens is 3. The number of carbonyl (C=O) groups is 2. The molecular weight excluding hydrogens is 493 g/mol. The van der Waals surface area contributed by atoms with Crippen LogP contribution >= 0.6 is 0 Å². The number of nitrogens with zero attached hydrogens (tertiary/aromatic N) is 3. The summed E-state index contributed by atoms with van der Waals surface area (Å²) in [5, 5.41) is 9.95. The first kappa shape index (κ1) is 25.5. The molecule has 9 nitrogen and oxygen atoms in total. The molecule has 4 aromatic rings. The fraction of sp³-hybridized carbons (Fsp3) is 0.200. The van der Waals surface area contributed by atoms with E-state index in [4.69, 9.17) is 14.6 Å². The van der Waals surface area contributed by atoms with Crippen LogP contribution in [0.3, 0.4) is 0 Å². The molecule has 1 amide bonds. The zero-order chi connectivity index (χ0) is 26.6. The first-order chi connectivity index (χ1) is 17.7. The van der Waals surface area contributed by atoms with Crippen molar-refractivity contribution in [3.8, 4) is 11.5 Å². The van der Waals surface area contributed by atoms with Crippen molar-refractivity contribution >= 4 is 23.4 Å². The number of amides is 1. The number of aryl methyl sites for hydroxylation is 1. The second-order valence-electron chi connectivity index (χ2n) is 7.97. The van der Waals surface area contributed by atoms with Gasteiger partial charge in [-0.3, -0.25) is 14.6 Å². The van der Waals surface area contributed by atoms with Crippen molar-refractivity contribution in [1.29, 1.82) is 0 Å². The van der Waals surface area contributed by atoms with E-state index in [0.29, 0.717) is 28.9 Å². The van der Waals surface area contributed by atoms with Gasteiger partial charge in [-0.15, -0.1) is 13.2 Å². The first-order valence-corrected chi connectivity index (χ1v) is 10.9. The molecule has 1 aliphatic rings. The maximum atomic E-state index is 13.5. The van der Waals surface area contributed by atoms with Crippen LogP contribution in [-0.2, 0) is 17.4 Å². The van der Waals surface area contributed by atoms with Crippen molar-refractivity contribution < 1.29 is 37.3 Å². The van der Waals surface area contributed by atoms with Gasteiger partial charge in [-0.2, -0.15) is 0 Å². The van der Waals surface area contributed by atoms with Gasteiger partial charge in [0.05, 0.1) is 17.6 Å². The van der Waals surface area contributed by atoms with Crippen molar-refractivity contribution in [3.05, 3.63) is 83.9 Å². The Morgan fingerprint density at radius 3 is 2.54 bits per heavy atom. The molecule has 12 heteroatoms. The number of rotatable bonds is 4. The number of para-hydroxylation sites is 2. The first-order valence-electron chi connectivity index (χ1n) is 10.9. The smallest absolute Gasteiger partial charge is 0.491 e. The molecule has 2 N–H and O–H groups in total. The van der Waals surface area contributed by atoms with Gasteiger partial charge in [0, 0.05) is 19.7 Å². The maximum Gasteiger partial charge on any atom is 0.573 e. The van der Waals surface area contributed by atoms with Gasteiger partial charge in [-0.1, -0.05) is 24.3 Å². The van der Waals surface area contributed by atoms with Gasteiger partial charge < -0.3 is 24.5 Å². The Bertz CT molecular complexity index is 1420. The monoisotopic (exact) mass is 514 g/mol. The molecule has 1 aliphatic heterocycles. The lowest BCUT2D eigenvalue weighted by Crippen LogP contribution is -2.50. The van der Waals surface area contributed by atoms with Crippen LogP contribution in [0.2, 0.25) is 0 Å². The molecule has 192 valence electrons. The molecule has 5 rings (SSSR count). The number of halogens is 3. The van der Waals surface area contributed by atoms with Crippen LogP contribution in [0.5, 0.6) is 11.5 Å². The number of alkyl halides is 3. The summed E-state index contributed by atoms with van der Waals surface area (Å²) in [4.78, 5) is 30.8. The minimum atomic E-state index is -4.81. The zero-order valence-corrected chi connectivity index (χ0v) is 19.4. The molecule has 0 fully saturated rings. The molecule has 0 aliphatic carbocycles. The van der Waals surface area contributed by atoms with E-state index in [1.807, 2.05) is 24.3 Å². The number of pyridine rings is 1. The number of hydrogen-bond acceptors (Lipinski definition) is 6. The number of imidazole rings is 1. The predicted molar refractivity (Wildman–Crippen MR) is 125 cm³/mol. The van der Waals surface area contributed by atoms with Crippen molar-refractivity contribution in [2.75, 3.05) is 6.61 Å². The van der Waals surface area contributed by atoms with E-state index in [1.54, 1.807) is 29.9 Å². The van der Waals surface area contributed by atoms with Gasteiger partial charge in [0.25, 0.3) is 12.4 Å². The standard InChI is InChI=1S/C24H19F3N4O3.CH2O2/c1-31-18-6-3-2-5-17(18)29-21(31)22(32)30-23(12-14-33-19-7-4-13-28-20(19)23)15-8-10-16(11-9-15)34-24(25,26)27;2-1-3/h2-11,13H,12,14H2,1H3,(H,30,32);1H,(H,2,3)/t23-;/m0./s1. The molecule has 0 saturated heterocycles. The summed E-state index contributed by atoms with van der Waals surface area (Å²) in [5.41, 5.74) is 1.31. The minimum Gasteiger partial charge on any atom is -0.491 e. The van der Waals surface area contributed by atoms with E-state index in [0.717, 1.165) is 5.52 Å². The molecular formula is C25H21F3N4O5. The third kappa shape index (κ3) is 5.17. The van der Waals surface area contributed by atoms with E-state index in [-0.39, 0.29) is 24.7 Å². The molecule has 0 unspecified atom stereocenters. The quantitative estimate of drug-likeness (QED) is 0.395. The van der Waals surface area contributed by atoms with Crippen LogP contribution in [0.25, 0.3) is 11.0 Å². The summed E-state index contributed by atoms with van der Waals surface area (Å²) in [6.45, 7) is 0.0162. The Morgan fingerprint density at radius 2 is 1.86 bits per heavy atom. The molecule has 37 heavy (non-hydrogen) atoms. The average molecular weight is 514 g/mol. The second-order valence-corrected chi connectivity index (χ2v) is 7.97. The summed E-state index contributed by atoms with van der Waals surface area (Å²) in [6.07, 6.45) is -2.92. The number of ether oxygens (including phenoxy) is 2. The lowest BCUT2D eigenvalue weighted by molar-refractivity contribution is -0.274. The molecule has 0 saturated carbocycles. The number of benzene rings is 2. The Balaban J connectivity index is 0.00000102. The summed E-state index contributed by atoms with van der Waals surface area (Å²) in [6, 6.07) is 16.2. The third-order valence-corrected chi connectivity index (χ3v) is 5.81. The lowest BCUT2D eigenvalue weighted by atomic mass is 9.81. The Hall–Kier alpha value is -4.61. The molecule has 0 radical (unpaired) electrons. The second kappa shape index (κ2) is 10.2. The Morgan fingerprint density at radius 1 is 1.16 bits per heavy atom. The van der Waals surface area contributed by atoms with E-state index in [9.17, 15) is 18.0 Å². The van der Waals surface area contributed by atoms with Gasteiger partial charge >= 0.3 is 6.36 Å². The highest BCUT2D eigenvalue weighted by Gasteiger charge is 2.43. The van der Waals surface area contributed by atoms with Crippen molar-refractivity contribution in [2.24, 2.45) is 7.05 Å². The molecule has 0 bridgehead atoms. The number of carbonyl (C=O) groups excluding carboxylic acids is 1. The van der Waals surface area contributed by atoms with Crippen LogP contribution in [-0.4, -0.2) is 45.0 Å². The fourth-order valence-corrected chi connectivity index (χ4v) is 4.27. The van der Waals surface area contributed by atoms with Crippen molar-refractivity contribution in [3.63, 3.8) is 0 Å². The highest BCUT2D eigenvalue weighted by Crippen LogP contribution is 2.41. The molecule has 2 aromatic heterocycles. The normalized spacial score (nSPS) is 16.5.